The van der Waals surface area contributed by atoms with Crippen LogP contribution in [0, 0.1) is 0 Å². The van der Waals surface area contributed by atoms with E-state index in [0.717, 1.165) is 49.1 Å². The largest absolute Gasteiger partial charge is 0.489 e. The van der Waals surface area contributed by atoms with E-state index in [9.17, 15) is 5.11 Å². The van der Waals surface area contributed by atoms with Crippen LogP contribution in [0.4, 0.5) is 0 Å². The zero-order valence-electron chi connectivity index (χ0n) is 14.3. The molecule has 4 heteroatoms. The van der Waals surface area contributed by atoms with E-state index >= 15 is 0 Å². The van der Waals surface area contributed by atoms with Gasteiger partial charge in [0.1, 0.15) is 12.4 Å². The number of aromatic nitrogens is 1. The summed E-state index contributed by atoms with van der Waals surface area (Å²) in [4.78, 5) is 6.31. The van der Waals surface area contributed by atoms with E-state index in [2.05, 4.69) is 23.0 Å². The summed E-state index contributed by atoms with van der Waals surface area (Å²) in [6.07, 6.45) is 7.68. The van der Waals surface area contributed by atoms with Crippen molar-refractivity contribution in [2.45, 2.75) is 44.4 Å². The second-order valence-corrected chi connectivity index (χ2v) is 6.86. The van der Waals surface area contributed by atoms with Crippen molar-refractivity contribution in [2.24, 2.45) is 0 Å². The summed E-state index contributed by atoms with van der Waals surface area (Å²) in [6, 6.07) is 12.0. The molecule has 2 aromatic rings. The van der Waals surface area contributed by atoms with Crippen molar-refractivity contribution in [1.29, 1.82) is 0 Å². The highest BCUT2D eigenvalue weighted by molar-refractivity contribution is 5.33. The van der Waals surface area contributed by atoms with Crippen LogP contribution in [0.1, 0.15) is 36.8 Å². The summed E-state index contributed by atoms with van der Waals surface area (Å²) in [6.45, 7) is 1.99. The van der Waals surface area contributed by atoms with Crippen molar-refractivity contribution in [3.63, 3.8) is 0 Å². The average Bonchev–Trinajstić information content (AvgIpc) is 3.01. The van der Waals surface area contributed by atoms with Crippen molar-refractivity contribution in [3.8, 4) is 5.75 Å². The van der Waals surface area contributed by atoms with Gasteiger partial charge in [-0.3, -0.25) is 9.88 Å². The molecule has 1 heterocycles. The summed E-state index contributed by atoms with van der Waals surface area (Å²) in [5.74, 6) is 0.895. The SMILES string of the molecule is CN(Cc1ccccc1OCc1cccnc1)CC1(O)CCCC1. The Balaban J connectivity index is 1.61. The first kappa shape index (κ1) is 16.9. The maximum absolute atomic E-state index is 10.6. The first-order chi connectivity index (χ1) is 11.6. The van der Waals surface area contributed by atoms with Crippen molar-refractivity contribution in [1.82, 2.24) is 9.88 Å². The first-order valence-electron chi connectivity index (χ1n) is 8.65. The molecule has 0 saturated heterocycles. The molecule has 1 aliphatic rings. The number of pyridine rings is 1. The number of nitrogens with zero attached hydrogens (tertiary/aromatic N) is 2. The third-order valence-electron chi connectivity index (χ3n) is 4.63. The molecule has 0 atom stereocenters. The lowest BCUT2D eigenvalue weighted by Crippen LogP contribution is -2.38. The monoisotopic (exact) mass is 326 g/mol. The smallest absolute Gasteiger partial charge is 0.124 e. The number of rotatable bonds is 7. The molecule has 0 aliphatic heterocycles. The lowest BCUT2D eigenvalue weighted by molar-refractivity contribution is 0.0143. The predicted octanol–water partition coefficient (Wildman–Crippen LogP) is 3.40. The zero-order chi connectivity index (χ0) is 16.8. The van der Waals surface area contributed by atoms with Crippen LogP contribution in [0.3, 0.4) is 0 Å². The second kappa shape index (κ2) is 7.77. The molecule has 1 fully saturated rings. The van der Waals surface area contributed by atoms with Gasteiger partial charge < -0.3 is 9.84 Å². The highest BCUT2D eigenvalue weighted by Gasteiger charge is 2.32. The van der Waals surface area contributed by atoms with Crippen LogP contribution in [0.25, 0.3) is 0 Å². The minimum Gasteiger partial charge on any atom is -0.489 e. The van der Waals surface area contributed by atoms with Crippen LogP contribution in [-0.4, -0.2) is 34.2 Å². The van der Waals surface area contributed by atoms with Crippen molar-refractivity contribution in [2.75, 3.05) is 13.6 Å². The summed E-state index contributed by atoms with van der Waals surface area (Å²) >= 11 is 0. The lowest BCUT2D eigenvalue weighted by atomic mass is 10.0. The van der Waals surface area contributed by atoms with E-state index < -0.39 is 5.60 Å². The van der Waals surface area contributed by atoms with Gasteiger partial charge in [0.15, 0.2) is 0 Å². The van der Waals surface area contributed by atoms with Gasteiger partial charge in [0.25, 0.3) is 0 Å². The second-order valence-electron chi connectivity index (χ2n) is 6.86. The Hall–Kier alpha value is -1.91. The van der Waals surface area contributed by atoms with Crippen molar-refractivity contribution < 1.29 is 9.84 Å². The molecular weight excluding hydrogens is 300 g/mol. The van der Waals surface area contributed by atoms with Gasteiger partial charge >= 0.3 is 0 Å². The third kappa shape index (κ3) is 4.56. The molecule has 0 unspecified atom stereocenters. The van der Waals surface area contributed by atoms with Crippen molar-refractivity contribution >= 4 is 0 Å². The Labute approximate surface area is 144 Å². The fourth-order valence-electron chi connectivity index (χ4n) is 3.46. The van der Waals surface area contributed by atoms with Crippen LogP contribution in [0.15, 0.2) is 48.8 Å². The van der Waals surface area contributed by atoms with E-state index in [1.54, 1.807) is 6.20 Å². The predicted molar refractivity (Wildman–Crippen MR) is 94.8 cm³/mol. The van der Waals surface area contributed by atoms with E-state index in [-0.39, 0.29) is 0 Å². The molecule has 0 amide bonds. The number of hydrogen-bond acceptors (Lipinski definition) is 4. The number of benzene rings is 1. The van der Waals surface area contributed by atoms with Crippen LogP contribution in [-0.2, 0) is 13.2 Å². The minimum atomic E-state index is -0.514. The van der Waals surface area contributed by atoms with Gasteiger partial charge in [-0.15, -0.1) is 0 Å². The number of aliphatic hydroxyl groups is 1. The molecule has 0 radical (unpaired) electrons. The Bertz CT molecular complexity index is 639. The summed E-state index contributed by atoms with van der Waals surface area (Å²) in [5.41, 5.74) is 1.69. The highest BCUT2D eigenvalue weighted by Crippen LogP contribution is 2.30. The Morgan fingerprint density at radius 3 is 2.71 bits per heavy atom. The summed E-state index contributed by atoms with van der Waals surface area (Å²) in [7, 11) is 2.06. The molecule has 24 heavy (non-hydrogen) atoms. The maximum Gasteiger partial charge on any atom is 0.124 e. The normalized spacial score (nSPS) is 16.5. The lowest BCUT2D eigenvalue weighted by Gasteiger charge is -2.29. The number of ether oxygens (including phenoxy) is 1. The molecule has 1 saturated carbocycles. The van der Waals surface area contributed by atoms with Crippen LogP contribution in [0.5, 0.6) is 5.75 Å². The molecule has 1 aromatic carbocycles. The van der Waals surface area contributed by atoms with E-state index in [0.29, 0.717) is 13.2 Å². The fourth-order valence-corrected chi connectivity index (χ4v) is 3.46. The first-order valence-corrected chi connectivity index (χ1v) is 8.65. The summed E-state index contributed by atoms with van der Waals surface area (Å²) in [5, 5.41) is 10.6. The van der Waals surface area contributed by atoms with Gasteiger partial charge in [0, 0.05) is 36.6 Å². The van der Waals surface area contributed by atoms with Crippen LogP contribution < -0.4 is 4.74 Å². The molecule has 128 valence electrons. The molecular formula is C20H26N2O2. The van der Waals surface area contributed by atoms with Crippen molar-refractivity contribution in [3.05, 3.63) is 59.9 Å². The van der Waals surface area contributed by atoms with Crippen LogP contribution in [0.2, 0.25) is 0 Å². The standard InChI is InChI=1S/C20H26N2O2/c1-22(16-20(23)10-4-5-11-20)14-18-8-2-3-9-19(18)24-15-17-7-6-12-21-13-17/h2-3,6-9,12-13,23H,4-5,10-11,14-16H2,1H3. The van der Waals surface area contributed by atoms with E-state index in [4.69, 9.17) is 4.74 Å². The quantitative estimate of drug-likeness (QED) is 0.847. The topological polar surface area (TPSA) is 45.6 Å². The molecule has 0 spiro atoms. The Morgan fingerprint density at radius 1 is 1.17 bits per heavy atom. The highest BCUT2D eigenvalue weighted by atomic mass is 16.5. The minimum absolute atomic E-state index is 0.512. The fraction of sp³-hybridized carbons (Fsp3) is 0.450. The number of likely N-dealkylation sites (N-methyl/N-ethyl adjacent to an activating group) is 1. The van der Waals surface area contributed by atoms with Gasteiger partial charge in [0.05, 0.1) is 5.60 Å². The van der Waals surface area contributed by atoms with Gasteiger partial charge in [-0.1, -0.05) is 37.1 Å². The van der Waals surface area contributed by atoms with E-state index in [1.807, 2.05) is 36.5 Å². The zero-order valence-corrected chi connectivity index (χ0v) is 14.3. The molecule has 1 N–H and O–H groups in total. The Kier molecular flexibility index (Phi) is 5.48. The third-order valence-corrected chi connectivity index (χ3v) is 4.63. The Morgan fingerprint density at radius 2 is 1.96 bits per heavy atom. The maximum atomic E-state index is 10.6. The van der Waals surface area contributed by atoms with Gasteiger partial charge in [-0.2, -0.15) is 0 Å². The molecule has 0 bridgehead atoms. The molecule has 1 aromatic heterocycles. The number of hydrogen-bond donors (Lipinski definition) is 1. The summed E-state index contributed by atoms with van der Waals surface area (Å²) < 4.78 is 5.99. The molecule has 1 aliphatic carbocycles. The van der Waals surface area contributed by atoms with E-state index in [1.165, 1.54) is 0 Å². The molecule has 3 rings (SSSR count). The van der Waals surface area contributed by atoms with Gasteiger partial charge in [-0.05, 0) is 32.0 Å². The number of para-hydroxylation sites is 1. The molecule has 4 nitrogen and oxygen atoms in total. The average molecular weight is 326 g/mol. The van der Waals surface area contributed by atoms with Crippen LogP contribution >= 0.6 is 0 Å². The van der Waals surface area contributed by atoms with Gasteiger partial charge in [0.2, 0.25) is 0 Å². The van der Waals surface area contributed by atoms with Gasteiger partial charge in [-0.25, -0.2) is 0 Å².